The van der Waals surface area contributed by atoms with E-state index in [4.69, 9.17) is 4.74 Å². The summed E-state index contributed by atoms with van der Waals surface area (Å²) in [7, 11) is 0. The Morgan fingerprint density at radius 2 is 1.86 bits per heavy atom. The summed E-state index contributed by atoms with van der Waals surface area (Å²) in [6.45, 7) is 1.19. The SMILES string of the molecule is CCN(C(=O)COC(=O)CNC(=O)c1ccccc1F)c1nc2ccccc2s1. The van der Waals surface area contributed by atoms with Crippen LogP contribution in [-0.2, 0) is 14.3 Å². The van der Waals surface area contributed by atoms with Gasteiger partial charge in [0, 0.05) is 6.54 Å². The predicted octanol–water partition coefficient (Wildman–Crippen LogP) is 2.76. The maximum absolute atomic E-state index is 13.6. The lowest BCUT2D eigenvalue weighted by Gasteiger charge is -2.17. The monoisotopic (exact) mass is 415 g/mol. The molecule has 7 nitrogen and oxygen atoms in total. The number of halogens is 1. The molecule has 150 valence electrons. The first-order valence-electron chi connectivity index (χ1n) is 8.84. The molecule has 1 N–H and O–H groups in total. The van der Waals surface area contributed by atoms with E-state index in [1.807, 2.05) is 24.3 Å². The number of benzene rings is 2. The molecule has 9 heteroatoms. The number of nitrogens with one attached hydrogen (secondary N) is 1. The Morgan fingerprint density at radius 1 is 1.14 bits per heavy atom. The Balaban J connectivity index is 1.52. The minimum atomic E-state index is -0.802. The Labute approximate surface area is 170 Å². The van der Waals surface area contributed by atoms with Gasteiger partial charge in [0.25, 0.3) is 11.8 Å². The number of rotatable bonds is 7. The van der Waals surface area contributed by atoms with Crippen LogP contribution in [0.25, 0.3) is 10.2 Å². The number of hydrogen-bond donors (Lipinski definition) is 1. The molecule has 0 bridgehead atoms. The summed E-state index contributed by atoms with van der Waals surface area (Å²) in [4.78, 5) is 42.0. The Kier molecular flexibility index (Phi) is 6.50. The standard InChI is InChI=1S/C20H18FN3O4S/c1-2-24(20-23-15-9-5-6-10-16(15)29-20)17(25)12-28-18(26)11-22-19(27)13-7-3-4-8-14(13)21/h3-10H,2,11-12H2,1H3,(H,22,27). The molecule has 1 aromatic heterocycles. The number of fused-ring (bicyclic) bond motifs is 1. The zero-order chi connectivity index (χ0) is 20.8. The van der Waals surface area contributed by atoms with Crippen LogP contribution in [0.5, 0.6) is 0 Å². The molecule has 0 saturated heterocycles. The Morgan fingerprint density at radius 3 is 2.59 bits per heavy atom. The maximum atomic E-state index is 13.6. The summed E-state index contributed by atoms with van der Waals surface area (Å²) >= 11 is 1.37. The first kappa shape index (κ1) is 20.4. The molecule has 0 saturated carbocycles. The third-order valence-electron chi connectivity index (χ3n) is 4.00. The van der Waals surface area contributed by atoms with Gasteiger partial charge < -0.3 is 10.1 Å². The van der Waals surface area contributed by atoms with E-state index in [0.29, 0.717) is 11.7 Å². The predicted molar refractivity (Wildman–Crippen MR) is 107 cm³/mol. The van der Waals surface area contributed by atoms with Crippen LogP contribution in [0.3, 0.4) is 0 Å². The topological polar surface area (TPSA) is 88.6 Å². The Bertz CT molecular complexity index is 1020. The highest BCUT2D eigenvalue weighted by molar-refractivity contribution is 7.22. The van der Waals surface area contributed by atoms with Crippen molar-refractivity contribution in [2.75, 3.05) is 24.6 Å². The number of amides is 2. The van der Waals surface area contributed by atoms with Crippen LogP contribution in [0.1, 0.15) is 17.3 Å². The van der Waals surface area contributed by atoms with Crippen molar-refractivity contribution in [2.45, 2.75) is 6.92 Å². The van der Waals surface area contributed by atoms with Gasteiger partial charge in [-0.2, -0.15) is 0 Å². The molecular formula is C20H18FN3O4S. The zero-order valence-electron chi connectivity index (χ0n) is 15.6. The highest BCUT2D eigenvalue weighted by atomic mass is 32.1. The summed E-state index contributed by atoms with van der Waals surface area (Å²) in [5.41, 5.74) is 0.607. The van der Waals surface area contributed by atoms with Gasteiger partial charge in [-0.3, -0.25) is 19.3 Å². The highest BCUT2D eigenvalue weighted by Crippen LogP contribution is 2.28. The van der Waals surface area contributed by atoms with Crippen LogP contribution in [-0.4, -0.2) is 42.5 Å². The second-order valence-electron chi connectivity index (χ2n) is 5.93. The first-order valence-corrected chi connectivity index (χ1v) is 9.65. The minimum absolute atomic E-state index is 0.177. The fourth-order valence-corrected chi connectivity index (χ4v) is 3.60. The van der Waals surface area contributed by atoms with Crippen molar-refractivity contribution < 1.29 is 23.5 Å². The number of carbonyl (C=O) groups excluding carboxylic acids is 3. The molecule has 3 aromatic rings. The lowest BCUT2D eigenvalue weighted by molar-refractivity contribution is -0.146. The third-order valence-corrected chi connectivity index (χ3v) is 5.06. The maximum Gasteiger partial charge on any atom is 0.325 e. The van der Waals surface area contributed by atoms with Crippen LogP contribution in [0.4, 0.5) is 9.52 Å². The summed E-state index contributed by atoms with van der Waals surface area (Å²) in [5.74, 6) is -2.66. The smallest absolute Gasteiger partial charge is 0.325 e. The molecule has 29 heavy (non-hydrogen) atoms. The molecule has 0 aliphatic heterocycles. The summed E-state index contributed by atoms with van der Waals surface area (Å²) in [6, 6.07) is 12.9. The molecule has 0 aliphatic rings. The van der Waals surface area contributed by atoms with Crippen LogP contribution < -0.4 is 10.2 Å². The lowest BCUT2D eigenvalue weighted by atomic mass is 10.2. The van der Waals surface area contributed by atoms with Gasteiger partial charge in [0.15, 0.2) is 11.7 Å². The van der Waals surface area contributed by atoms with Gasteiger partial charge in [-0.05, 0) is 31.2 Å². The van der Waals surface area contributed by atoms with Crippen molar-refractivity contribution >= 4 is 44.5 Å². The van der Waals surface area contributed by atoms with Gasteiger partial charge in [0.2, 0.25) is 0 Å². The number of carbonyl (C=O) groups is 3. The number of thiazole rings is 1. The second kappa shape index (κ2) is 9.24. The Hall–Kier alpha value is -3.33. The quantitative estimate of drug-likeness (QED) is 0.600. The van der Waals surface area contributed by atoms with Gasteiger partial charge in [0.05, 0.1) is 15.8 Å². The number of esters is 1. The molecule has 2 aromatic carbocycles. The van der Waals surface area contributed by atoms with Gasteiger partial charge in [-0.25, -0.2) is 9.37 Å². The number of para-hydroxylation sites is 1. The second-order valence-corrected chi connectivity index (χ2v) is 6.93. The fraction of sp³-hybridized carbons (Fsp3) is 0.200. The zero-order valence-corrected chi connectivity index (χ0v) is 16.4. The summed E-state index contributed by atoms with van der Waals surface area (Å²) < 4.78 is 19.4. The number of ether oxygens (including phenoxy) is 1. The molecule has 0 spiro atoms. The van der Waals surface area contributed by atoms with Crippen LogP contribution >= 0.6 is 11.3 Å². The van der Waals surface area contributed by atoms with Crippen molar-refractivity contribution in [3.63, 3.8) is 0 Å². The lowest BCUT2D eigenvalue weighted by Crippen LogP contribution is -2.36. The van der Waals surface area contributed by atoms with Gasteiger partial charge >= 0.3 is 5.97 Å². The largest absolute Gasteiger partial charge is 0.454 e. The van der Waals surface area contributed by atoms with Gasteiger partial charge in [-0.1, -0.05) is 35.6 Å². The van der Waals surface area contributed by atoms with Crippen molar-refractivity contribution in [1.82, 2.24) is 10.3 Å². The van der Waals surface area contributed by atoms with E-state index in [-0.39, 0.29) is 5.56 Å². The number of hydrogen-bond acceptors (Lipinski definition) is 6. The number of aromatic nitrogens is 1. The normalized spacial score (nSPS) is 10.6. The van der Waals surface area contributed by atoms with Crippen molar-refractivity contribution in [1.29, 1.82) is 0 Å². The van der Waals surface area contributed by atoms with E-state index in [9.17, 15) is 18.8 Å². The molecule has 0 aliphatic carbocycles. The van der Waals surface area contributed by atoms with Gasteiger partial charge in [0.1, 0.15) is 12.4 Å². The average Bonchev–Trinajstić information content (AvgIpc) is 3.15. The van der Waals surface area contributed by atoms with Crippen molar-refractivity contribution in [3.8, 4) is 0 Å². The molecule has 0 radical (unpaired) electrons. The molecule has 1 heterocycles. The molecular weight excluding hydrogens is 397 g/mol. The van der Waals surface area contributed by atoms with E-state index < -0.39 is 36.8 Å². The van der Waals surface area contributed by atoms with E-state index in [1.54, 1.807) is 6.92 Å². The van der Waals surface area contributed by atoms with E-state index in [1.165, 1.54) is 34.4 Å². The summed E-state index contributed by atoms with van der Waals surface area (Å²) in [6.07, 6.45) is 0. The van der Waals surface area contributed by atoms with E-state index in [2.05, 4.69) is 10.3 Å². The molecule has 3 rings (SSSR count). The molecule has 0 unspecified atom stereocenters. The van der Waals surface area contributed by atoms with Crippen LogP contribution in [0.15, 0.2) is 48.5 Å². The van der Waals surface area contributed by atoms with E-state index in [0.717, 1.165) is 16.3 Å². The first-order chi connectivity index (χ1) is 14.0. The van der Waals surface area contributed by atoms with Crippen molar-refractivity contribution in [3.05, 3.63) is 59.9 Å². The third kappa shape index (κ3) is 4.94. The van der Waals surface area contributed by atoms with Gasteiger partial charge in [-0.15, -0.1) is 0 Å². The fourth-order valence-electron chi connectivity index (χ4n) is 2.56. The average molecular weight is 415 g/mol. The molecule has 0 atom stereocenters. The number of anilines is 1. The number of likely N-dealkylation sites (N-methyl/N-ethyl adjacent to an activating group) is 1. The molecule has 0 fully saturated rings. The number of nitrogens with zero attached hydrogens (tertiary/aromatic N) is 2. The van der Waals surface area contributed by atoms with Crippen LogP contribution in [0, 0.1) is 5.82 Å². The highest BCUT2D eigenvalue weighted by Gasteiger charge is 2.20. The minimum Gasteiger partial charge on any atom is -0.454 e. The molecule has 2 amide bonds. The summed E-state index contributed by atoms with van der Waals surface area (Å²) in [5, 5.41) is 2.78. The van der Waals surface area contributed by atoms with Crippen LogP contribution in [0.2, 0.25) is 0 Å². The van der Waals surface area contributed by atoms with E-state index >= 15 is 0 Å². The van der Waals surface area contributed by atoms with Crippen molar-refractivity contribution in [2.24, 2.45) is 0 Å².